The quantitative estimate of drug-likeness (QED) is 0.746. The lowest BCUT2D eigenvalue weighted by Crippen LogP contribution is -2.01. The van der Waals surface area contributed by atoms with E-state index in [1.807, 2.05) is 6.07 Å². The van der Waals surface area contributed by atoms with Crippen LogP contribution in [-0.4, -0.2) is 9.55 Å². The zero-order valence-corrected chi connectivity index (χ0v) is 11.5. The number of nitrogen functional groups attached to an aromatic ring is 1. The van der Waals surface area contributed by atoms with Crippen molar-refractivity contribution >= 4 is 28.6 Å². The third-order valence-corrected chi connectivity index (χ3v) is 3.43. The summed E-state index contributed by atoms with van der Waals surface area (Å²) in [4.78, 5) is 4.26. The number of nitrogens with two attached hydrogens (primary N) is 1. The molecule has 21 heavy (non-hydrogen) atoms. The van der Waals surface area contributed by atoms with E-state index in [-0.39, 0.29) is 5.95 Å². The predicted octanol–water partition coefficient (Wildman–Crippen LogP) is 3.00. The maximum Gasteiger partial charge on any atom is 0.205 e. The number of hydrogen-bond donors (Lipinski definition) is 1. The summed E-state index contributed by atoms with van der Waals surface area (Å²) in [5.74, 6) is 0.270. The summed E-state index contributed by atoms with van der Waals surface area (Å²) in [5.41, 5.74) is 8.91. The molecule has 0 unspecified atom stereocenters. The van der Waals surface area contributed by atoms with E-state index in [0.29, 0.717) is 32.9 Å². The van der Waals surface area contributed by atoms with Crippen molar-refractivity contribution in [2.24, 2.45) is 0 Å². The van der Waals surface area contributed by atoms with Crippen molar-refractivity contribution in [1.29, 1.82) is 10.5 Å². The number of benzene rings is 2. The minimum absolute atomic E-state index is 0.270. The molecular weight excluding hydrogens is 286 g/mol. The molecule has 6 heteroatoms. The number of nitrogens with zero attached hydrogens (tertiary/aromatic N) is 4. The van der Waals surface area contributed by atoms with Crippen molar-refractivity contribution in [3.05, 3.63) is 52.5 Å². The van der Waals surface area contributed by atoms with Gasteiger partial charge in [-0.25, -0.2) is 4.98 Å². The highest BCUT2D eigenvalue weighted by atomic mass is 35.5. The average Bonchev–Trinajstić information content (AvgIpc) is 2.82. The molecule has 0 atom stereocenters. The Labute approximate surface area is 125 Å². The summed E-state index contributed by atoms with van der Waals surface area (Å²) in [6.45, 7) is 0. The minimum atomic E-state index is 0.270. The Hall–Kier alpha value is -3.02. The van der Waals surface area contributed by atoms with Crippen molar-refractivity contribution in [3.8, 4) is 17.8 Å². The molecule has 2 aromatic carbocycles. The van der Waals surface area contributed by atoms with Crippen molar-refractivity contribution < 1.29 is 0 Å². The van der Waals surface area contributed by atoms with Gasteiger partial charge in [0.2, 0.25) is 5.95 Å². The summed E-state index contributed by atoms with van der Waals surface area (Å²) in [6, 6.07) is 14.1. The number of imidazole rings is 1. The van der Waals surface area contributed by atoms with E-state index in [1.54, 1.807) is 41.0 Å². The number of aromatic nitrogens is 2. The highest BCUT2D eigenvalue weighted by Crippen LogP contribution is 2.29. The van der Waals surface area contributed by atoms with E-state index < -0.39 is 0 Å². The minimum Gasteiger partial charge on any atom is -0.369 e. The first-order valence-electron chi connectivity index (χ1n) is 6.02. The molecule has 0 aliphatic rings. The Morgan fingerprint density at radius 2 is 1.71 bits per heavy atom. The summed E-state index contributed by atoms with van der Waals surface area (Å²) < 4.78 is 1.67. The van der Waals surface area contributed by atoms with E-state index >= 15 is 0 Å². The lowest BCUT2D eigenvalue weighted by atomic mass is 10.2. The van der Waals surface area contributed by atoms with Gasteiger partial charge >= 0.3 is 0 Å². The van der Waals surface area contributed by atoms with Gasteiger partial charge in [0.15, 0.2) is 0 Å². The van der Waals surface area contributed by atoms with Gasteiger partial charge in [-0.15, -0.1) is 0 Å². The first kappa shape index (κ1) is 13.0. The van der Waals surface area contributed by atoms with Crippen molar-refractivity contribution in [2.45, 2.75) is 0 Å². The third-order valence-electron chi connectivity index (χ3n) is 3.13. The Morgan fingerprint density at radius 1 is 1.05 bits per heavy atom. The van der Waals surface area contributed by atoms with E-state index in [1.165, 1.54) is 0 Å². The summed E-state index contributed by atoms with van der Waals surface area (Å²) >= 11 is 6.23. The molecule has 2 N–H and O–H groups in total. The van der Waals surface area contributed by atoms with Gasteiger partial charge in [0.05, 0.1) is 45.0 Å². The van der Waals surface area contributed by atoms with Crippen LogP contribution in [0.1, 0.15) is 11.1 Å². The Kier molecular flexibility index (Phi) is 2.98. The molecular formula is C15H8ClN5. The molecule has 1 aromatic heterocycles. The van der Waals surface area contributed by atoms with Gasteiger partial charge in [0, 0.05) is 0 Å². The van der Waals surface area contributed by atoms with Crippen molar-refractivity contribution in [1.82, 2.24) is 9.55 Å². The molecule has 5 nitrogen and oxygen atoms in total. The Morgan fingerprint density at radius 3 is 2.38 bits per heavy atom. The molecule has 3 aromatic rings. The maximum absolute atomic E-state index is 9.02. The van der Waals surface area contributed by atoms with Crippen LogP contribution in [-0.2, 0) is 0 Å². The molecule has 0 saturated carbocycles. The molecule has 1 heterocycles. The van der Waals surface area contributed by atoms with Crippen LogP contribution in [0.5, 0.6) is 0 Å². The van der Waals surface area contributed by atoms with Crippen LogP contribution in [0.3, 0.4) is 0 Å². The molecule has 0 bridgehead atoms. The van der Waals surface area contributed by atoms with E-state index in [2.05, 4.69) is 11.1 Å². The largest absolute Gasteiger partial charge is 0.369 e. The van der Waals surface area contributed by atoms with Gasteiger partial charge in [0.25, 0.3) is 0 Å². The normalized spacial score (nSPS) is 10.2. The second-order valence-electron chi connectivity index (χ2n) is 4.40. The Bertz CT molecular complexity index is 943. The first-order chi connectivity index (χ1) is 10.1. The molecule has 0 spiro atoms. The van der Waals surface area contributed by atoms with Gasteiger partial charge in [-0.3, -0.25) is 4.57 Å². The molecule has 3 rings (SSSR count). The van der Waals surface area contributed by atoms with Crippen LogP contribution in [0.2, 0.25) is 5.02 Å². The fourth-order valence-corrected chi connectivity index (χ4v) is 2.44. The molecule has 100 valence electrons. The van der Waals surface area contributed by atoms with Crippen LogP contribution >= 0.6 is 11.6 Å². The number of anilines is 1. The van der Waals surface area contributed by atoms with E-state index in [4.69, 9.17) is 27.9 Å². The average molecular weight is 294 g/mol. The van der Waals surface area contributed by atoms with E-state index in [9.17, 15) is 0 Å². The van der Waals surface area contributed by atoms with E-state index in [0.717, 1.165) is 0 Å². The fourth-order valence-electron chi connectivity index (χ4n) is 2.17. The van der Waals surface area contributed by atoms with Crippen LogP contribution in [0, 0.1) is 22.7 Å². The monoisotopic (exact) mass is 293 g/mol. The van der Waals surface area contributed by atoms with Gasteiger partial charge in [-0.2, -0.15) is 10.5 Å². The maximum atomic E-state index is 9.02. The summed E-state index contributed by atoms with van der Waals surface area (Å²) in [5, 5.41) is 18.3. The number of nitriles is 2. The first-order valence-corrected chi connectivity index (χ1v) is 6.40. The predicted molar refractivity (Wildman–Crippen MR) is 79.9 cm³/mol. The highest BCUT2D eigenvalue weighted by molar-refractivity contribution is 6.32. The zero-order valence-electron chi connectivity index (χ0n) is 10.7. The van der Waals surface area contributed by atoms with Crippen LogP contribution < -0.4 is 5.73 Å². The van der Waals surface area contributed by atoms with Crippen molar-refractivity contribution in [3.63, 3.8) is 0 Å². The van der Waals surface area contributed by atoms with Gasteiger partial charge in [-0.1, -0.05) is 11.6 Å². The molecule has 0 radical (unpaired) electrons. The van der Waals surface area contributed by atoms with Crippen LogP contribution in [0.15, 0.2) is 36.4 Å². The third kappa shape index (κ3) is 2.06. The number of halogens is 1. The Balaban J connectivity index is 2.32. The molecule has 0 amide bonds. The van der Waals surface area contributed by atoms with Gasteiger partial charge in [-0.05, 0) is 36.4 Å². The number of fused-ring (bicyclic) bond motifs is 1. The molecule has 0 aliphatic heterocycles. The van der Waals surface area contributed by atoms with Gasteiger partial charge in [0.1, 0.15) is 0 Å². The second-order valence-corrected chi connectivity index (χ2v) is 4.81. The highest BCUT2D eigenvalue weighted by Gasteiger charge is 2.13. The smallest absolute Gasteiger partial charge is 0.205 e. The SMILES string of the molecule is N#Cc1ccc(-n2c(N)nc3ccc(C#N)cc32)c(Cl)c1. The van der Waals surface area contributed by atoms with Crippen molar-refractivity contribution in [2.75, 3.05) is 5.73 Å². The van der Waals surface area contributed by atoms with Gasteiger partial charge < -0.3 is 5.73 Å². The standard InChI is InChI=1S/C15H8ClN5/c16-11-5-9(7-17)2-4-13(11)21-14-6-10(8-18)1-3-12(14)20-15(21)19/h1-6H,(H2,19,20). The summed E-state index contributed by atoms with van der Waals surface area (Å²) in [7, 11) is 0. The molecule has 0 fully saturated rings. The topological polar surface area (TPSA) is 91.4 Å². The van der Waals surface area contributed by atoms with Crippen LogP contribution in [0.4, 0.5) is 5.95 Å². The fraction of sp³-hybridized carbons (Fsp3) is 0. The summed E-state index contributed by atoms with van der Waals surface area (Å²) in [6.07, 6.45) is 0. The zero-order chi connectivity index (χ0) is 15.0. The molecule has 0 aliphatic carbocycles. The lowest BCUT2D eigenvalue weighted by Gasteiger charge is -2.09. The second kappa shape index (κ2) is 4.82. The van der Waals surface area contributed by atoms with Crippen LogP contribution in [0.25, 0.3) is 16.7 Å². The molecule has 0 saturated heterocycles. The number of hydrogen-bond acceptors (Lipinski definition) is 4. The number of rotatable bonds is 1. The lowest BCUT2D eigenvalue weighted by molar-refractivity contribution is 1.11.